The zero-order valence-electron chi connectivity index (χ0n) is 13.5. The minimum Gasteiger partial charge on any atom is -0.481 e. The van der Waals surface area contributed by atoms with E-state index in [9.17, 15) is 9.59 Å². The third-order valence-electron chi connectivity index (χ3n) is 4.69. The summed E-state index contributed by atoms with van der Waals surface area (Å²) in [5.41, 5.74) is 1.30. The molecule has 128 valence electrons. The van der Waals surface area contributed by atoms with Crippen molar-refractivity contribution in [1.82, 2.24) is 4.90 Å². The van der Waals surface area contributed by atoms with Crippen molar-refractivity contribution in [3.63, 3.8) is 0 Å². The third-order valence-corrected chi connectivity index (χ3v) is 4.99. The number of hydrogen-bond acceptors (Lipinski definition) is 3. The summed E-state index contributed by atoms with van der Waals surface area (Å²) in [6.07, 6.45) is 3.31. The minimum absolute atomic E-state index is 0.0505. The van der Waals surface area contributed by atoms with E-state index in [1.807, 2.05) is 19.1 Å². The lowest BCUT2D eigenvalue weighted by atomic mass is 9.97. The predicted molar refractivity (Wildman–Crippen MR) is 91.5 cm³/mol. The first-order chi connectivity index (χ1) is 11.5. The van der Waals surface area contributed by atoms with Gasteiger partial charge in [-0.15, -0.1) is 0 Å². The van der Waals surface area contributed by atoms with Crippen LogP contribution in [-0.2, 0) is 4.79 Å². The van der Waals surface area contributed by atoms with Crippen molar-refractivity contribution in [3.05, 3.63) is 34.5 Å². The molecule has 24 heavy (non-hydrogen) atoms. The van der Waals surface area contributed by atoms with E-state index in [0.717, 1.165) is 30.2 Å². The van der Waals surface area contributed by atoms with E-state index in [1.54, 1.807) is 11.0 Å². The van der Waals surface area contributed by atoms with Gasteiger partial charge in [-0.3, -0.25) is 9.59 Å². The van der Waals surface area contributed by atoms with Crippen LogP contribution in [0.1, 0.15) is 48.2 Å². The number of halogens is 1. The number of aryl methyl sites for hydroxylation is 1. The van der Waals surface area contributed by atoms with Crippen LogP contribution in [0.4, 0.5) is 0 Å². The second-order valence-corrected chi connectivity index (χ2v) is 6.66. The smallest absolute Gasteiger partial charge is 0.303 e. The van der Waals surface area contributed by atoms with Crippen molar-refractivity contribution in [3.8, 4) is 0 Å². The molecule has 1 saturated heterocycles. The second kappa shape index (κ2) is 6.85. The highest BCUT2D eigenvalue weighted by atomic mass is 35.5. The summed E-state index contributed by atoms with van der Waals surface area (Å²) in [4.78, 5) is 25.6. The number of carboxylic acids is 1. The van der Waals surface area contributed by atoms with E-state index < -0.39 is 5.97 Å². The average Bonchev–Trinajstić information content (AvgIpc) is 2.91. The summed E-state index contributed by atoms with van der Waals surface area (Å²) in [6, 6.07) is 5.40. The fraction of sp³-hybridized carbons (Fsp3) is 0.444. The van der Waals surface area contributed by atoms with E-state index in [0.29, 0.717) is 29.3 Å². The summed E-state index contributed by atoms with van der Waals surface area (Å²) >= 11 is 6.16. The van der Waals surface area contributed by atoms with Crippen LogP contribution in [0.25, 0.3) is 11.0 Å². The first-order valence-corrected chi connectivity index (χ1v) is 8.57. The van der Waals surface area contributed by atoms with Gasteiger partial charge in [-0.25, -0.2) is 0 Å². The van der Waals surface area contributed by atoms with Gasteiger partial charge in [0.2, 0.25) is 0 Å². The maximum atomic E-state index is 13.0. The van der Waals surface area contributed by atoms with Gasteiger partial charge in [-0.1, -0.05) is 23.7 Å². The average molecular weight is 350 g/mol. The molecule has 3 rings (SSSR count). The van der Waals surface area contributed by atoms with E-state index in [2.05, 4.69) is 0 Å². The maximum absolute atomic E-state index is 13.0. The molecule has 0 aliphatic carbocycles. The quantitative estimate of drug-likeness (QED) is 0.895. The molecule has 1 aliphatic rings. The zero-order valence-corrected chi connectivity index (χ0v) is 14.3. The first-order valence-electron chi connectivity index (χ1n) is 8.19. The van der Waals surface area contributed by atoms with E-state index >= 15 is 0 Å². The standard InChI is InChI=1S/C18H20ClNO4/c1-11-13-6-4-7-14(19)17(13)24-16(11)18(23)20-10-3-2-5-12(20)8-9-15(21)22/h4,6-7,12H,2-3,5,8-10H2,1H3,(H,21,22). The van der Waals surface area contributed by atoms with Crippen LogP contribution >= 0.6 is 11.6 Å². The van der Waals surface area contributed by atoms with Gasteiger partial charge >= 0.3 is 5.97 Å². The Balaban J connectivity index is 1.90. The molecule has 5 nitrogen and oxygen atoms in total. The molecular formula is C18H20ClNO4. The SMILES string of the molecule is Cc1c(C(=O)N2CCCCC2CCC(=O)O)oc2c(Cl)cccc12. The Morgan fingerprint density at radius 1 is 1.38 bits per heavy atom. The molecule has 1 unspecified atom stereocenters. The van der Waals surface area contributed by atoms with Crippen molar-refractivity contribution in [1.29, 1.82) is 0 Å². The van der Waals surface area contributed by atoms with Crippen molar-refractivity contribution in [2.24, 2.45) is 0 Å². The number of benzene rings is 1. The largest absolute Gasteiger partial charge is 0.481 e. The topological polar surface area (TPSA) is 70.8 Å². The van der Waals surface area contributed by atoms with Crippen molar-refractivity contribution in [2.75, 3.05) is 6.54 Å². The molecule has 0 spiro atoms. The molecule has 1 aromatic heterocycles. The minimum atomic E-state index is -0.834. The highest BCUT2D eigenvalue weighted by Gasteiger charge is 2.31. The van der Waals surface area contributed by atoms with Gasteiger partial charge in [-0.2, -0.15) is 0 Å². The van der Waals surface area contributed by atoms with Crippen LogP contribution in [0.3, 0.4) is 0 Å². The third kappa shape index (κ3) is 3.13. The molecule has 6 heteroatoms. The van der Waals surface area contributed by atoms with Gasteiger partial charge in [0, 0.05) is 30.0 Å². The lowest BCUT2D eigenvalue weighted by molar-refractivity contribution is -0.137. The normalized spacial score (nSPS) is 18.1. The summed E-state index contributed by atoms with van der Waals surface area (Å²) in [6.45, 7) is 2.49. The number of piperidine rings is 1. The number of rotatable bonds is 4. The number of aliphatic carboxylic acids is 1. The maximum Gasteiger partial charge on any atom is 0.303 e. The molecule has 1 N–H and O–H groups in total. The van der Waals surface area contributed by atoms with Gasteiger partial charge in [0.25, 0.3) is 5.91 Å². The van der Waals surface area contributed by atoms with Crippen LogP contribution in [0.2, 0.25) is 5.02 Å². The molecular weight excluding hydrogens is 330 g/mol. The highest BCUT2D eigenvalue weighted by molar-refractivity contribution is 6.35. The van der Waals surface area contributed by atoms with Gasteiger partial charge in [-0.05, 0) is 38.7 Å². The van der Waals surface area contributed by atoms with Gasteiger partial charge in [0.15, 0.2) is 11.3 Å². The van der Waals surface area contributed by atoms with Crippen LogP contribution in [0.15, 0.2) is 22.6 Å². The Labute approximate surface area is 145 Å². The number of carboxylic acid groups (broad SMARTS) is 1. The molecule has 1 aromatic carbocycles. The molecule has 1 atom stereocenters. The Bertz CT molecular complexity index is 783. The number of fused-ring (bicyclic) bond motifs is 1. The Hall–Kier alpha value is -2.01. The number of carbonyl (C=O) groups excluding carboxylic acids is 1. The van der Waals surface area contributed by atoms with E-state index in [-0.39, 0.29) is 18.4 Å². The van der Waals surface area contributed by atoms with Crippen LogP contribution in [0, 0.1) is 6.92 Å². The Morgan fingerprint density at radius 3 is 2.88 bits per heavy atom. The van der Waals surface area contributed by atoms with E-state index in [1.165, 1.54) is 0 Å². The Morgan fingerprint density at radius 2 is 2.17 bits per heavy atom. The van der Waals surface area contributed by atoms with Gasteiger partial charge in [0.05, 0.1) is 5.02 Å². The zero-order chi connectivity index (χ0) is 17.3. The summed E-state index contributed by atoms with van der Waals surface area (Å²) < 4.78 is 5.78. The summed E-state index contributed by atoms with van der Waals surface area (Å²) in [5.74, 6) is -0.699. The number of likely N-dealkylation sites (tertiary alicyclic amines) is 1. The van der Waals surface area contributed by atoms with Gasteiger partial charge in [0.1, 0.15) is 0 Å². The highest BCUT2D eigenvalue weighted by Crippen LogP contribution is 2.32. The molecule has 2 heterocycles. The number of amides is 1. The number of nitrogens with zero attached hydrogens (tertiary/aromatic N) is 1. The molecule has 0 bridgehead atoms. The molecule has 1 amide bonds. The monoisotopic (exact) mass is 349 g/mol. The predicted octanol–water partition coefficient (Wildman–Crippen LogP) is 4.25. The lowest BCUT2D eigenvalue weighted by Crippen LogP contribution is -2.44. The molecule has 1 fully saturated rings. The number of para-hydroxylation sites is 1. The molecule has 2 aromatic rings. The van der Waals surface area contributed by atoms with Crippen LogP contribution < -0.4 is 0 Å². The van der Waals surface area contributed by atoms with Crippen molar-refractivity contribution in [2.45, 2.75) is 45.1 Å². The van der Waals surface area contributed by atoms with Gasteiger partial charge < -0.3 is 14.4 Å². The first kappa shape index (κ1) is 16.8. The lowest BCUT2D eigenvalue weighted by Gasteiger charge is -2.35. The fourth-order valence-electron chi connectivity index (χ4n) is 3.40. The summed E-state index contributed by atoms with van der Waals surface area (Å²) in [5, 5.41) is 10.2. The molecule has 1 aliphatic heterocycles. The second-order valence-electron chi connectivity index (χ2n) is 6.25. The van der Waals surface area contributed by atoms with Crippen molar-refractivity contribution >= 4 is 34.4 Å². The van der Waals surface area contributed by atoms with E-state index in [4.69, 9.17) is 21.1 Å². The summed E-state index contributed by atoms with van der Waals surface area (Å²) in [7, 11) is 0. The number of furan rings is 1. The van der Waals surface area contributed by atoms with Crippen LogP contribution in [0.5, 0.6) is 0 Å². The number of carbonyl (C=O) groups is 2. The molecule has 0 saturated carbocycles. The molecule has 0 radical (unpaired) electrons. The van der Waals surface area contributed by atoms with Crippen molar-refractivity contribution < 1.29 is 19.1 Å². The fourth-order valence-corrected chi connectivity index (χ4v) is 3.61. The Kier molecular flexibility index (Phi) is 4.81. The van der Waals surface area contributed by atoms with Crippen LogP contribution in [-0.4, -0.2) is 34.5 Å². The number of hydrogen-bond donors (Lipinski definition) is 1.